The van der Waals surface area contributed by atoms with E-state index in [1.54, 1.807) is 19.1 Å². The number of hydrogen-bond donors (Lipinski definition) is 1. The number of esters is 1. The van der Waals surface area contributed by atoms with E-state index in [0.29, 0.717) is 9.90 Å². The molecule has 1 N–H and O–H groups in total. The first-order chi connectivity index (χ1) is 12.0. The Balaban J connectivity index is 1.59. The van der Waals surface area contributed by atoms with Crippen molar-refractivity contribution in [2.75, 3.05) is 0 Å². The molecule has 0 fully saturated rings. The molecular formula is C19H16ClNO3S. The van der Waals surface area contributed by atoms with Gasteiger partial charge < -0.3 is 10.1 Å². The summed E-state index contributed by atoms with van der Waals surface area (Å²) in [5.74, 6) is -0.865. The maximum Gasteiger partial charge on any atom is 0.349 e. The fourth-order valence-corrected chi connectivity index (χ4v) is 3.47. The van der Waals surface area contributed by atoms with Crippen molar-refractivity contribution in [1.82, 2.24) is 5.32 Å². The van der Waals surface area contributed by atoms with Crippen molar-refractivity contribution in [2.24, 2.45) is 0 Å². The minimum absolute atomic E-state index is 0.281. The molecular weight excluding hydrogens is 358 g/mol. The molecule has 2 aromatic carbocycles. The van der Waals surface area contributed by atoms with Crippen molar-refractivity contribution in [1.29, 1.82) is 0 Å². The number of fused-ring (bicyclic) bond motifs is 1. The van der Waals surface area contributed by atoms with Gasteiger partial charge in [0.05, 0.1) is 0 Å². The summed E-state index contributed by atoms with van der Waals surface area (Å²) in [6.45, 7) is 1.83. The molecule has 6 heteroatoms. The molecule has 0 saturated carbocycles. The minimum atomic E-state index is -0.889. The Morgan fingerprint density at radius 2 is 1.88 bits per heavy atom. The Morgan fingerprint density at radius 1 is 1.16 bits per heavy atom. The zero-order chi connectivity index (χ0) is 17.8. The van der Waals surface area contributed by atoms with E-state index in [1.807, 2.05) is 42.5 Å². The van der Waals surface area contributed by atoms with Gasteiger partial charge in [-0.25, -0.2) is 4.79 Å². The van der Waals surface area contributed by atoms with Gasteiger partial charge in [0.25, 0.3) is 5.91 Å². The fourth-order valence-electron chi connectivity index (χ4n) is 2.32. The van der Waals surface area contributed by atoms with E-state index in [0.717, 1.165) is 15.6 Å². The number of thiophene rings is 1. The van der Waals surface area contributed by atoms with E-state index < -0.39 is 12.1 Å². The zero-order valence-corrected chi connectivity index (χ0v) is 15.1. The van der Waals surface area contributed by atoms with Crippen LogP contribution < -0.4 is 5.32 Å². The monoisotopic (exact) mass is 373 g/mol. The molecule has 25 heavy (non-hydrogen) atoms. The SMILES string of the molecule is C[C@H](OC(=O)c1cc2ccccc2s1)C(=O)NCc1ccccc1Cl. The molecule has 1 aromatic heterocycles. The van der Waals surface area contributed by atoms with Crippen molar-refractivity contribution < 1.29 is 14.3 Å². The number of ether oxygens (including phenoxy) is 1. The quantitative estimate of drug-likeness (QED) is 0.674. The van der Waals surface area contributed by atoms with Gasteiger partial charge in [-0.2, -0.15) is 0 Å². The molecule has 0 aliphatic carbocycles. The lowest BCUT2D eigenvalue weighted by Crippen LogP contribution is -2.35. The van der Waals surface area contributed by atoms with Crippen molar-refractivity contribution in [3.05, 3.63) is 70.1 Å². The largest absolute Gasteiger partial charge is 0.448 e. The lowest BCUT2D eigenvalue weighted by molar-refractivity contribution is -0.129. The Labute approximate surface area is 154 Å². The van der Waals surface area contributed by atoms with E-state index in [1.165, 1.54) is 11.3 Å². The average molecular weight is 374 g/mol. The third-order valence-electron chi connectivity index (χ3n) is 3.69. The summed E-state index contributed by atoms with van der Waals surface area (Å²) in [5, 5.41) is 4.29. The Hall–Kier alpha value is -2.37. The van der Waals surface area contributed by atoms with Crippen LogP contribution in [0.1, 0.15) is 22.2 Å². The number of nitrogens with one attached hydrogen (secondary N) is 1. The predicted octanol–water partition coefficient (Wildman–Crippen LogP) is 4.42. The van der Waals surface area contributed by atoms with Crippen LogP contribution in [0.25, 0.3) is 10.1 Å². The fraction of sp³-hybridized carbons (Fsp3) is 0.158. The maximum atomic E-state index is 12.2. The summed E-state index contributed by atoms with van der Waals surface area (Å²) in [5.41, 5.74) is 0.806. The van der Waals surface area contributed by atoms with Crippen LogP contribution in [-0.4, -0.2) is 18.0 Å². The van der Waals surface area contributed by atoms with E-state index in [2.05, 4.69) is 5.32 Å². The van der Waals surface area contributed by atoms with Gasteiger partial charge in [0.15, 0.2) is 6.10 Å². The van der Waals surface area contributed by atoms with Crippen LogP contribution in [0.2, 0.25) is 5.02 Å². The molecule has 0 spiro atoms. The Bertz CT molecular complexity index is 889. The summed E-state index contributed by atoms with van der Waals surface area (Å²) in [6.07, 6.45) is -0.889. The van der Waals surface area contributed by atoms with E-state index in [9.17, 15) is 9.59 Å². The van der Waals surface area contributed by atoms with Crippen molar-refractivity contribution in [3.63, 3.8) is 0 Å². The van der Waals surface area contributed by atoms with Crippen LogP contribution in [0.3, 0.4) is 0 Å². The summed E-state index contributed by atoms with van der Waals surface area (Å²) < 4.78 is 6.28. The van der Waals surface area contributed by atoms with Crippen molar-refractivity contribution in [2.45, 2.75) is 19.6 Å². The minimum Gasteiger partial charge on any atom is -0.448 e. The first-order valence-corrected chi connectivity index (χ1v) is 8.94. The number of benzene rings is 2. The van der Waals surface area contributed by atoms with Gasteiger partial charge in [-0.1, -0.05) is 48.0 Å². The molecule has 0 aliphatic rings. The van der Waals surface area contributed by atoms with Crippen LogP contribution in [0.15, 0.2) is 54.6 Å². The van der Waals surface area contributed by atoms with Crippen molar-refractivity contribution >= 4 is 44.9 Å². The molecule has 0 radical (unpaired) electrons. The number of hydrogen-bond acceptors (Lipinski definition) is 4. The van der Waals surface area contributed by atoms with Gasteiger partial charge in [0.1, 0.15) is 4.88 Å². The topological polar surface area (TPSA) is 55.4 Å². The maximum absolute atomic E-state index is 12.2. The normalized spacial score (nSPS) is 11.9. The number of rotatable bonds is 5. The lowest BCUT2D eigenvalue weighted by atomic mass is 10.2. The van der Waals surface area contributed by atoms with Crippen LogP contribution in [-0.2, 0) is 16.1 Å². The van der Waals surface area contributed by atoms with Gasteiger partial charge in [-0.05, 0) is 36.1 Å². The second kappa shape index (κ2) is 7.68. The third kappa shape index (κ3) is 4.18. The second-order valence-corrected chi connectivity index (χ2v) is 7.00. The Kier molecular flexibility index (Phi) is 5.36. The van der Waals surface area contributed by atoms with Gasteiger partial charge in [-0.15, -0.1) is 11.3 Å². The first kappa shape index (κ1) is 17.5. The van der Waals surface area contributed by atoms with Crippen molar-refractivity contribution in [3.8, 4) is 0 Å². The standard InChI is InChI=1S/C19H16ClNO3S/c1-12(18(22)21-11-14-7-2-4-8-15(14)20)24-19(23)17-10-13-6-3-5-9-16(13)25-17/h2-10,12H,11H2,1H3,(H,21,22)/t12-/m0/s1. The number of carbonyl (C=O) groups excluding carboxylic acids is 2. The summed E-state index contributed by atoms with van der Waals surface area (Å²) in [7, 11) is 0. The summed E-state index contributed by atoms with van der Waals surface area (Å²) in [4.78, 5) is 24.9. The molecule has 1 atom stereocenters. The van der Waals surface area contributed by atoms with Gasteiger partial charge in [0.2, 0.25) is 0 Å². The molecule has 1 heterocycles. The van der Waals surface area contributed by atoms with Gasteiger partial charge >= 0.3 is 5.97 Å². The smallest absolute Gasteiger partial charge is 0.349 e. The highest BCUT2D eigenvalue weighted by Crippen LogP contribution is 2.26. The molecule has 1 amide bonds. The summed E-state index contributed by atoms with van der Waals surface area (Å²) in [6, 6.07) is 16.7. The van der Waals surface area contributed by atoms with Crippen LogP contribution in [0, 0.1) is 0 Å². The predicted molar refractivity (Wildman–Crippen MR) is 100 cm³/mol. The Morgan fingerprint density at radius 3 is 2.64 bits per heavy atom. The highest BCUT2D eigenvalue weighted by Gasteiger charge is 2.20. The zero-order valence-electron chi connectivity index (χ0n) is 13.5. The number of amides is 1. The lowest BCUT2D eigenvalue weighted by Gasteiger charge is -2.13. The van der Waals surface area contributed by atoms with Crippen LogP contribution in [0.4, 0.5) is 0 Å². The first-order valence-electron chi connectivity index (χ1n) is 7.75. The summed E-state index contributed by atoms with van der Waals surface area (Å²) >= 11 is 7.40. The highest BCUT2D eigenvalue weighted by molar-refractivity contribution is 7.20. The second-order valence-electron chi connectivity index (χ2n) is 5.51. The van der Waals surface area contributed by atoms with E-state index >= 15 is 0 Å². The van der Waals surface area contributed by atoms with E-state index in [-0.39, 0.29) is 12.5 Å². The average Bonchev–Trinajstić information content (AvgIpc) is 3.05. The molecule has 0 aliphatic heterocycles. The molecule has 0 bridgehead atoms. The molecule has 128 valence electrons. The molecule has 0 unspecified atom stereocenters. The number of halogens is 1. The van der Waals surface area contributed by atoms with Crippen LogP contribution >= 0.6 is 22.9 Å². The number of carbonyl (C=O) groups is 2. The molecule has 4 nitrogen and oxygen atoms in total. The highest BCUT2D eigenvalue weighted by atomic mass is 35.5. The molecule has 0 saturated heterocycles. The van der Waals surface area contributed by atoms with Gasteiger partial charge in [-0.3, -0.25) is 4.79 Å². The van der Waals surface area contributed by atoms with Crippen LogP contribution in [0.5, 0.6) is 0 Å². The molecule has 3 aromatic rings. The molecule has 3 rings (SSSR count). The van der Waals surface area contributed by atoms with Gasteiger partial charge in [0, 0.05) is 16.3 Å². The third-order valence-corrected chi connectivity index (χ3v) is 5.16. The van der Waals surface area contributed by atoms with E-state index in [4.69, 9.17) is 16.3 Å².